The van der Waals surface area contributed by atoms with E-state index in [4.69, 9.17) is 9.52 Å². The van der Waals surface area contributed by atoms with Crippen molar-refractivity contribution >= 4 is 11.9 Å². The summed E-state index contributed by atoms with van der Waals surface area (Å²) in [5, 5.41) is 18.0. The summed E-state index contributed by atoms with van der Waals surface area (Å²) in [7, 11) is 0. The van der Waals surface area contributed by atoms with Crippen LogP contribution in [0, 0.1) is 13.8 Å². The van der Waals surface area contributed by atoms with Crippen molar-refractivity contribution in [3.05, 3.63) is 40.6 Å². The van der Waals surface area contributed by atoms with Crippen LogP contribution < -0.4 is 5.32 Å². The molecule has 0 radical (unpaired) electrons. The van der Waals surface area contributed by atoms with Gasteiger partial charge in [-0.15, -0.1) is 0 Å². The molecule has 0 aromatic carbocycles. The minimum atomic E-state index is -1.14. The molecule has 0 spiro atoms. The van der Waals surface area contributed by atoms with Gasteiger partial charge in [0.1, 0.15) is 5.76 Å². The first-order valence-electron chi connectivity index (χ1n) is 5.61. The van der Waals surface area contributed by atoms with Gasteiger partial charge in [-0.05, 0) is 26.0 Å². The number of hydrogen-bond acceptors (Lipinski definition) is 4. The summed E-state index contributed by atoms with van der Waals surface area (Å²) in [5.41, 5.74) is 1.78. The fourth-order valence-corrected chi connectivity index (χ4v) is 1.73. The van der Waals surface area contributed by atoms with Gasteiger partial charge in [-0.1, -0.05) is 0 Å². The van der Waals surface area contributed by atoms with Crippen LogP contribution in [0.2, 0.25) is 0 Å². The predicted molar refractivity (Wildman–Crippen MR) is 64.9 cm³/mol. The summed E-state index contributed by atoms with van der Waals surface area (Å²) >= 11 is 0. The Morgan fingerprint density at radius 2 is 2.16 bits per heavy atom. The van der Waals surface area contributed by atoms with Gasteiger partial charge in [0.25, 0.3) is 5.91 Å². The average molecular weight is 263 g/mol. The maximum absolute atomic E-state index is 11.9. The number of nitrogens with zero attached hydrogens (tertiary/aromatic N) is 1. The smallest absolute Gasteiger partial charge is 0.371 e. The van der Waals surface area contributed by atoms with Gasteiger partial charge in [-0.25, -0.2) is 4.79 Å². The lowest BCUT2D eigenvalue weighted by Crippen LogP contribution is -2.23. The number of carbonyl (C=O) groups excluding carboxylic acids is 1. The maximum atomic E-state index is 11.9. The molecule has 0 aliphatic heterocycles. The van der Waals surface area contributed by atoms with Crippen LogP contribution in [-0.2, 0) is 6.54 Å². The van der Waals surface area contributed by atoms with E-state index in [1.165, 1.54) is 12.1 Å². The zero-order valence-electron chi connectivity index (χ0n) is 10.5. The van der Waals surface area contributed by atoms with Crippen molar-refractivity contribution in [1.82, 2.24) is 15.5 Å². The SMILES string of the molecule is Cc1n[nH]c(C)c1C(=O)NCc1ccc(C(=O)O)o1. The Morgan fingerprint density at radius 1 is 1.42 bits per heavy atom. The molecule has 0 saturated carbocycles. The molecule has 7 nitrogen and oxygen atoms in total. The summed E-state index contributed by atoms with van der Waals surface area (Å²) in [5.74, 6) is -1.19. The Morgan fingerprint density at radius 3 is 2.68 bits per heavy atom. The van der Waals surface area contributed by atoms with Crippen molar-refractivity contribution in [2.75, 3.05) is 0 Å². The van der Waals surface area contributed by atoms with Gasteiger partial charge in [-0.2, -0.15) is 5.10 Å². The van der Waals surface area contributed by atoms with Crippen LogP contribution in [0.3, 0.4) is 0 Å². The monoisotopic (exact) mass is 263 g/mol. The highest BCUT2D eigenvalue weighted by Gasteiger charge is 2.16. The molecule has 7 heteroatoms. The number of aryl methyl sites for hydroxylation is 2. The van der Waals surface area contributed by atoms with Crippen molar-refractivity contribution < 1.29 is 19.1 Å². The average Bonchev–Trinajstić information content (AvgIpc) is 2.94. The van der Waals surface area contributed by atoms with Gasteiger partial charge in [0.15, 0.2) is 0 Å². The highest BCUT2D eigenvalue weighted by molar-refractivity contribution is 5.96. The highest BCUT2D eigenvalue weighted by Crippen LogP contribution is 2.11. The molecule has 0 saturated heterocycles. The Hall–Kier alpha value is -2.57. The van der Waals surface area contributed by atoms with Gasteiger partial charge in [0, 0.05) is 5.69 Å². The molecule has 2 aromatic heterocycles. The molecule has 0 bridgehead atoms. The molecular weight excluding hydrogens is 250 g/mol. The lowest BCUT2D eigenvalue weighted by molar-refractivity contribution is 0.0660. The third-order valence-corrected chi connectivity index (χ3v) is 2.65. The number of nitrogens with one attached hydrogen (secondary N) is 2. The second-order valence-corrected chi connectivity index (χ2v) is 4.06. The van der Waals surface area contributed by atoms with E-state index in [9.17, 15) is 9.59 Å². The largest absolute Gasteiger partial charge is 0.475 e. The normalized spacial score (nSPS) is 10.4. The van der Waals surface area contributed by atoms with E-state index in [0.29, 0.717) is 22.7 Å². The number of amides is 1. The molecule has 0 fully saturated rings. The van der Waals surface area contributed by atoms with Gasteiger partial charge in [0.05, 0.1) is 17.8 Å². The predicted octanol–water partition coefficient (Wildman–Crippen LogP) is 1.25. The Labute approximate surface area is 108 Å². The van der Waals surface area contributed by atoms with Crippen molar-refractivity contribution in [3.8, 4) is 0 Å². The fourth-order valence-electron chi connectivity index (χ4n) is 1.73. The van der Waals surface area contributed by atoms with Gasteiger partial charge in [0.2, 0.25) is 5.76 Å². The molecular formula is C12H13N3O4. The number of carbonyl (C=O) groups is 2. The number of furan rings is 1. The van der Waals surface area contributed by atoms with Crippen LogP contribution in [0.1, 0.15) is 38.1 Å². The number of aromatic amines is 1. The number of rotatable bonds is 4. The zero-order valence-corrected chi connectivity index (χ0v) is 10.5. The van der Waals surface area contributed by atoms with E-state index in [2.05, 4.69) is 15.5 Å². The van der Waals surface area contributed by atoms with E-state index in [1.54, 1.807) is 13.8 Å². The quantitative estimate of drug-likeness (QED) is 0.769. The number of H-pyrrole nitrogens is 1. The number of aromatic nitrogens is 2. The van der Waals surface area contributed by atoms with Gasteiger partial charge in [-0.3, -0.25) is 9.89 Å². The summed E-state index contributed by atoms with van der Waals surface area (Å²) in [6.45, 7) is 3.61. The fraction of sp³-hybridized carbons (Fsp3) is 0.250. The van der Waals surface area contributed by atoms with Crippen LogP contribution >= 0.6 is 0 Å². The second-order valence-electron chi connectivity index (χ2n) is 4.06. The van der Waals surface area contributed by atoms with Crippen LogP contribution in [0.5, 0.6) is 0 Å². The van der Waals surface area contributed by atoms with Crippen LogP contribution in [0.25, 0.3) is 0 Å². The summed E-state index contributed by atoms with van der Waals surface area (Å²) < 4.78 is 5.04. The molecule has 0 atom stereocenters. The van der Waals surface area contributed by atoms with Crippen LogP contribution in [0.15, 0.2) is 16.5 Å². The topological polar surface area (TPSA) is 108 Å². The molecule has 2 rings (SSSR count). The van der Waals surface area contributed by atoms with Crippen LogP contribution in [0.4, 0.5) is 0 Å². The molecule has 0 unspecified atom stereocenters. The van der Waals surface area contributed by atoms with Crippen molar-refractivity contribution in [2.24, 2.45) is 0 Å². The molecule has 0 aliphatic rings. The number of hydrogen-bond donors (Lipinski definition) is 3. The lowest BCUT2D eigenvalue weighted by Gasteiger charge is -2.03. The van der Waals surface area contributed by atoms with Crippen molar-refractivity contribution in [1.29, 1.82) is 0 Å². The first-order chi connectivity index (χ1) is 8.99. The second kappa shape index (κ2) is 4.97. The highest BCUT2D eigenvalue weighted by atomic mass is 16.4. The number of carboxylic acids is 1. The minimum Gasteiger partial charge on any atom is -0.475 e. The first kappa shape index (κ1) is 12.9. The summed E-state index contributed by atoms with van der Waals surface area (Å²) in [4.78, 5) is 22.6. The van der Waals surface area contributed by atoms with Crippen molar-refractivity contribution in [3.63, 3.8) is 0 Å². The summed E-state index contributed by atoms with van der Waals surface area (Å²) in [6, 6.07) is 2.86. The standard InChI is InChI=1S/C12H13N3O4/c1-6-10(7(2)15-14-6)11(16)13-5-8-3-4-9(19-8)12(17)18/h3-4H,5H2,1-2H3,(H,13,16)(H,14,15)(H,17,18). The van der Waals surface area contributed by atoms with Gasteiger partial charge < -0.3 is 14.8 Å². The Bertz CT molecular complexity index is 607. The molecule has 0 aliphatic carbocycles. The van der Waals surface area contributed by atoms with Gasteiger partial charge >= 0.3 is 5.97 Å². The first-order valence-corrected chi connectivity index (χ1v) is 5.61. The number of carboxylic acid groups (broad SMARTS) is 1. The van der Waals surface area contributed by atoms with E-state index in [1.807, 2.05) is 0 Å². The molecule has 2 aromatic rings. The lowest BCUT2D eigenvalue weighted by atomic mass is 10.2. The minimum absolute atomic E-state index is 0.121. The van der Waals surface area contributed by atoms with E-state index in [-0.39, 0.29) is 18.2 Å². The maximum Gasteiger partial charge on any atom is 0.371 e. The molecule has 100 valence electrons. The third kappa shape index (κ3) is 2.65. The van der Waals surface area contributed by atoms with E-state index < -0.39 is 5.97 Å². The van der Waals surface area contributed by atoms with E-state index in [0.717, 1.165) is 0 Å². The molecule has 1 amide bonds. The zero-order chi connectivity index (χ0) is 14.0. The molecule has 19 heavy (non-hydrogen) atoms. The molecule has 2 heterocycles. The summed E-state index contributed by atoms with van der Waals surface area (Å²) in [6.07, 6.45) is 0. The molecule has 3 N–H and O–H groups in total. The Balaban J connectivity index is 2.02. The third-order valence-electron chi connectivity index (χ3n) is 2.65. The van der Waals surface area contributed by atoms with E-state index >= 15 is 0 Å². The number of aromatic carboxylic acids is 1. The van der Waals surface area contributed by atoms with Crippen LogP contribution in [-0.4, -0.2) is 27.2 Å². The van der Waals surface area contributed by atoms with Crippen molar-refractivity contribution in [2.45, 2.75) is 20.4 Å². The Kier molecular flexibility index (Phi) is 3.37.